The van der Waals surface area contributed by atoms with Crippen LogP contribution in [0.5, 0.6) is 5.75 Å². The number of ether oxygens (including phenoxy) is 1. The Kier molecular flexibility index (Phi) is 5.66. The Bertz CT molecular complexity index is 1450. The first-order valence-electron chi connectivity index (χ1n) is 10.8. The van der Waals surface area contributed by atoms with E-state index in [1.807, 2.05) is 48.3 Å². The van der Waals surface area contributed by atoms with Crippen LogP contribution in [0.2, 0.25) is 5.02 Å². The van der Waals surface area contributed by atoms with Gasteiger partial charge in [0.1, 0.15) is 11.3 Å². The standard InChI is InChI=1S/C26H21ClN4O4/c1-29-21-11-10-18(27)13-22(21)31(19-6-4-3-5-7-19)25(32)20-15-30(28-24(20)29)14-17-9-8-16(26(33)34)12-23(17)35-2/h3-13,15H,14H2,1-2H3,(H,33,34). The number of carboxylic acids is 1. The normalized spacial score (nSPS) is 12.7. The summed E-state index contributed by atoms with van der Waals surface area (Å²) in [6.07, 6.45) is 1.70. The van der Waals surface area contributed by atoms with Crippen LogP contribution in [0.25, 0.3) is 0 Å². The number of hydrogen-bond acceptors (Lipinski definition) is 5. The Balaban J connectivity index is 1.61. The van der Waals surface area contributed by atoms with E-state index in [0.29, 0.717) is 33.5 Å². The number of amides is 1. The molecule has 0 fully saturated rings. The van der Waals surface area contributed by atoms with Gasteiger partial charge in [0.2, 0.25) is 0 Å². The highest BCUT2D eigenvalue weighted by Crippen LogP contribution is 2.43. The zero-order valence-electron chi connectivity index (χ0n) is 19.0. The van der Waals surface area contributed by atoms with Crippen molar-refractivity contribution in [1.82, 2.24) is 9.78 Å². The molecular weight excluding hydrogens is 468 g/mol. The molecule has 0 atom stereocenters. The average molecular weight is 489 g/mol. The molecule has 0 saturated carbocycles. The van der Waals surface area contributed by atoms with Crippen molar-refractivity contribution in [2.45, 2.75) is 6.54 Å². The second kappa shape index (κ2) is 8.81. The first-order chi connectivity index (χ1) is 16.9. The van der Waals surface area contributed by atoms with E-state index in [1.54, 1.807) is 34.0 Å². The summed E-state index contributed by atoms with van der Waals surface area (Å²) in [7, 11) is 3.34. The van der Waals surface area contributed by atoms with E-state index in [2.05, 4.69) is 0 Å². The molecule has 1 amide bonds. The van der Waals surface area contributed by atoms with Gasteiger partial charge < -0.3 is 14.7 Å². The Labute approximate surface area is 206 Å². The van der Waals surface area contributed by atoms with Crippen molar-refractivity contribution >= 4 is 46.4 Å². The number of methoxy groups -OCH3 is 1. The van der Waals surface area contributed by atoms with Gasteiger partial charge in [-0.1, -0.05) is 35.9 Å². The SMILES string of the molecule is COc1cc(C(=O)O)ccc1Cn1cc2c(n1)N(C)c1ccc(Cl)cc1N(c1ccccc1)C2=O. The summed E-state index contributed by atoms with van der Waals surface area (Å²) >= 11 is 6.31. The first-order valence-corrected chi connectivity index (χ1v) is 11.2. The number of halogens is 1. The second-order valence-corrected chi connectivity index (χ2v) is 8.50. The number of anilines is 4. The lowest BCUT2D eigenvalue weighted by molar-refractivity contribution is 0.0696. The fraction of sp³-hybridized carbons (Fsp3) is 0.115. The van der Waals surface area contributed by atoms with Gasteiger partial charge in [-0.2, -0.15) is 5.10 Å². The molecule has 35 heavy (non-hydrogen) atoms. The van der Waals surface area contributed by atoms with Crippen LogP contribution in [0.3, 0.4) is 0 Å². The Morgan fingerprint density at radius 3 is 2.54 bits per heavy atom. The highest BCUT2D eigenvalue weighted by molar-refractivity contribution is 6.31. The number of benzene rings is 3. The second-order valence-electron chi connectivity index (χ2n) is 8.06. The number of fused-ring (bicyclic) bond motifs is 2. The summed E-state index contributed by atoms with van der Waals surface area (Å²) in [6, 6.07) is 19.5. The highest BCUT2D eigenvalue weighted by Gasteiger charge is 2.33. The maximum absolute atomic E-state index is 13.9. The van der Waals surface area contributed by atoms with Crippen LogP contribution in [0.15, 0.2) is 72.9 Å². The van der Waals surface area contributed by atoms with Crippen molar-refractivity contribution in [2.75, 3.05) is 24.0 Å². The van der Waals surface area contributed by atoms with Gasteiger partial charge in [0.05, 0.1) is 30.6 Å². The van der Waals surface area contributed by atoms with Crippen molar-refractivity contribution < 1.29 is 19.4 Å². The maximum Gasteiger partial charge on any atom is 0.335 e. The Morgan fingerprint density at radius 2 is 1.83 bits per heavy atom. The van der Waals surface area contributed by atoms with Crippen LogP contribution in [-0.2, 0) is 6.54 Å². The molecule has 0 spiro atoms. The van der Waals surface area contributed by atoms with Crippen LogP contribution in [0.1, 0.15) is 26.3 Å². The van der Waals surface area contributed by atoms with Crippen molar-refractivity contribution in [3.63, 3.8) is 0 Å². The number of carboxylic acid groups (broad SMARTS) is 1. The fourth-order valence-corrected chi connectivity index (χ4v) is 4.38. The lowest BCUT2D eigenvalue weighted by Gasteiger charge is -2.25. The van der Waals surface area contributed by atoms with Gasteiger partial charge in [0.25, 0.3) is 5.91 Å². The molecule has 5 rings (SSSR count). The molecule has 1 N–H and O–H groups in total. The number of aromatic nitrogens is 2. The number of hydrogen-bond donors (Lipinski definition) is 1. The van der Waals surface area contributed by atoms with Crippen LogP contribution in [0, 0.1) is 0 Å². The van der Waals surface area contributed by atoms with Crippen LogP contribution in [-0.4, -0.2) is 40.9 Å². The molecule has 0 unspecified atom stereocenters. The van der Waals surface area contributed by atoms with Gasteiger partial charge in [0.15, 0.2) is 5.82 Å². The van der Waals surface area contributed by atoms with E-state index in [1.165, 1.54) is 19.2 Å². The lowest BCUT2D eigenvalue weighted by Crippen LogP contribution is -2.25. The molecule has 1 aliphatic heterocycles. The van der Waals surface area contributed by atoms with Crippen molar-refractivity contribution in [1.29, 1.82) is 0 Å². The zero-order chi connectivity index (χ0) is 24.7. The summed E-state index contributed by atoms with van der Waals surface area (Å²) < 4.78 is 7.06. The molecule has 0 radical (unpaired) electrons. The van der Waals surface area contributed by atoms with Crippen LogP contribution in [0.4, 0.5) is 22.9 Å². The predicted molar refractivity (Wildman–Crippen MR) is 134 cm³/mol. The minimum absolute atomic E-state index is 0.130. The van der Waals surface area contributed by atoms with E-state index in [-0.39, 0.29) is 18.0 Å². The highest BCUT2D eigenvalue weighted by atomic mass is 35.5. The molecule has 2 heterocycles. The van der Waals surface area contributed by atoms with Gasteiger partial charge in [-0.05, 0) is 42.5 Å². The van der Waals surface area contributed by atoms with E-state index in [0.717, 1.165) is 11.3 Å². The van der Waals surface area contributed by atoms with Crippen molar-refractivity contribution in [2.24, 2.45) is 0 Å². The Hall–Kier alpha value is -4.30. The molecule has 0 bridgehead atoms. The number of aromatic carboxylic acids is 1. The number of nitrogens with zero attached hydrogens (tertiary/aromatic N) is 4. The van der Waals surface area contributed by atoms with Gasteiger partial charge >= 0.3 is 5.97 Å². The topological polar surface area (TPSA) is 87.9 Å². The van der Waals surface area contributed by atoms with Crippen molar-refractivity contribution in [3.8, 4) is 5.75 Å². The number of rotatable bonds is 5. The summed E-state index contributed by atoms with van der Waals surface area (Å²) in [5.41, 5.74) is 3.43. The number of para-hydroxylation sites is 1. The summed E-state index contributed by atoms with van der Waals surface area (Å²) in [5.74, 6) is -0.342. The minimum Gasteiger partial charge on any atom is -0.496 e. The molecule has 0 aliphatic carbocycles. The fourth-order valence-electron chi connectivity index (χ4n) is 4.21. The van der Waals surface area contributed by atoms with Crippen molar-refractivity contribution in [3.05, 3.63) is 94.6 Å². The smallest absolute Gasteiger partial charge is 0.335 e. The first kappa shape index (κ1) is 22.5. The summed E-state index contributed by atoms with van der Waals surface area (Å²) in [4.78, 5) is 28.7. The molecule has 176 valence electrons. The number of carbonyl (C=O) groups excluding carboxylic acids is 1. The van der Waals surface area contributed by atoms with Crippen LogP contribution >= 0.6 is 11.6 Å². The molecule has 3 aromatic carbocycles. The lowest BCUT2D eigenvalue weighted by atomic mass is 10.1. The Morgan fingerprint density at radius 1 is 1.06 bits per heavy atom. The molecule has 9 heteroatoms. The van der Waals surface area contributed by atoms with E-state index in [9.17, 15) is 14.7 Å². The minimum atomic E-state index is -1.03. The summed E-state index contributed by atoms with van der Waals surface area (Å²) in [5, 5.41) is 14.5. The van der Waals surface area contributed by atoms with E-state index < -0.39 is 5.97 Å². The third-order valence-corrected chi connectivity index (χ3v) is 6.15. The molecule has 1 aliphatic rings. The molecule has 4 aromatic rings. The molecule has 0 saturated heterocycles. The summed E-state index contributed by atoms with van der Waals surface area (Å²) in [6.45, 7) is 0.288. The number of carbonyl (C=O) groups is 2. The van der Waals surface area contributed by atoms with E-state index >= 15 is 0 Å². The average Bonchev–Trinajstić information content (AvgIpc) is 3.25. The third kappa shape index (κ3) is 3.98. The molecule has 8 nitrogen and oxygen atoms in total. The van der Waals surface area contributed by atoms with Gasteiger partial charge in [-0.3, -0.25) is 14.4 Å². The van der Waals surface area contributed by atoms with Gasteiger partial charge in [-0.25, -0.2) is 4.79 Å². The largest absolute Gasteiger partial charge is 0.496 e. The monoisotopic (exact) mass is 488 g/mol. The van der Waals surface area contributed by atoms with E-state index in [4.69, 9.17) is 21.4 Å². The third-order valence-electron chi connectivity index (χ3n) is 5.91. The predicted octanol–water partition coefficient (Wildman–Crippen LogP) is 5.35. The van der Waals surface area contributed by atoms with Crippen LogP contribution < -0.4 is 14.5 Å². The zero-order valence-corrected chi connectivity index (χ0v) is 19.7. The molecular formula is C26H21ClN4O4. The van der Waals surface area contributed by atoms with Gasteiger partial charge in [-0.15, -0.1) is 0 Å². The molecule has 1 aromatic heterocycles. The maximum atomic E-state index is 13.9. The quantitative estimate of drug-likeness (QED) is 0.407. The van der Waals surface area contributed by atoms with Gasteiger partial charge in [0, 0.05) is 29.5 Å².